The van der Waals surface area contributed by atoms with Crippen molar-refractivity contribution in [2.45, 2.75) is 102 Å². The third-order valence-corrected chi connectivity index (χ3v) is 6.62. The number of ketones is 1. The Labute approximate surface area is 177 Å². The Morgan fingerprint density at radius 1 is 1.23 bits per heavy atom. The summed E-state index contributed by atoms with van der Waals surface area (Å²) in [7, 11) is 0. The Morgan fingerprint density at radius 3 is 2.60 bits per heavy atom. The van der Waals surface area contributed by atoms with E-state index in [-0.39, 0.29) is 23.9 Å². The van der Waals surface area contributed by atoms with Gasteiger partial charge in [-0.25, -0.2) is 0 Å². The average molecular weight is 420 g/mol. The number of fused-ring (bicyclic) bond motifs is 4. The highest BCUT2D eigenvalue weighted by Gasteiger charge is 2.79. The third kappa shape index (κ3) is 4.26. The van der Waals surface area contributed by atoms with Crippen LogP contribution in [0, 0.1) is 5.92 Å². The van der Waals surface area contributed by atoms with Gasteiger partial charge in [-0.05, 0) is 19.3 Å². The molecule has 0 aromatic rings. The van der Waals surface area contributed by atoms with Crippen molar-refractivity contribution in [2.75, 3.05) is 0 Å². The van der Waals surface area contributed by atoms with Gasteiger partial charge in [0.1, 0.15) is 30.0 Å². The van der Waals surface area contributed by atoms with Gasteiger partial charge in [-0.1, -0.05) is 57.3 Å². The number of ether oxygens (including phenoxy) is 3. The molecule has 0 radical (unpaired) electrons. The highest BCUT2D eigenvalue weighted by molar-refractivity contribution is 5.94. The fourth-order valence-electron chi connectivity index (χ4n) is 4.93. The zero-order valence-electron chi connectivity index (χ0n) is 18.0. The molecule has 4 rings (SSSR count). The molecule has 8 atom stereocenters. The lowest BCUT2D eigenvalue weighted by atomic mass is 9.81. The first kappa shape index (κ1) is 21.7. The summed E-state index contributed by atoms with van der Waals surface area (Å²) in [5.41, 5.74) is 0.204. The number of carbonyl (C=O) groups excluding carboxylic acids is 2. The second-order valence-corrected chi connectivity index (χ2v) is 9.21. The van der Waals surface area contributed by atoms with Crippen LogP contribution in [0.5, 0.6) is 0 Å². The number of epoxide rings is 2. The standard InChI is InChI=1S/C23H33NO6/c1-4-5-6-7-8-13(2)11-14(3)9-10-16(25)24-15-12-23(30-22(15)27)20-18(28-20)17(26)19-21(23)29-19/h9-11,13,15,18-22,27H,4-8,12H2,1-3H3,(H,24,25)/b10-9+,14-11+/t13?,15-,18-,19+,20-,21+,22?,23?/m0/s1. The van der Waals surface area contributed by atoms with Crippen molar-refractivity contribution >= 4 is 11.7 Å². The van der Waals surface area contributed by atoms with Crippen LogP contribution in [0.25, 0.3) is 0 Å². The van der Waals surface area contributed by atoms with Gasteiger partial charge < -0.3 is 24.6 Å². The van der Waals surface area contributed by atoms with Crippen molar-refractivity contribution in [1.82, 2.24) is 5.32 Å². The summed E-state index contributed by atoms with van der Waals surface area (Å²) in [6, 6.07) is -0.563. The van der Waals surface area contributed by atoms with Gasteiger partial charge in [-0.15, -0.1) is 0 Å². The maximum Gasteiger partial charge on any atom is 0.244 e. The Balaban J connectivity index is 1.26. The van der Waals surface area contributed by atoms with Crippen molar-refractivity contribution in [3.8, 4) is 0 Å². The summed E-state index contributed by atoms with van der Waals surface area (Å²) >= 11 is 0. The SMILES string of the molecule is CCCCCCC(C)/C=C(C)/C=C/C(=O)N[C@H]1CC2(OC1O)[C@@H]1O[C@@H]1C(=O)[C@@H]1O[C@@H]12. The molecule has 7 heteroatoms. The molecule has 3 heterocycles. The smallest absolute Gasteiger partial charge is 0.244 e. The van der Waals surface area contributed by atoms with E-state index >= 15 is 0 Å². The predicted octanol–water partition coefficient (Wildman–Crippen LogP) is 2.18. The number of rotatable bonds is 9. The van der Waals surface area contributed by atoms with Crippen LogP contribution in [0.3, 0.4) is 0 Å². The second-order valence-electron chi connectivity index (χ2n) is 9.21. The first-order chi connectivity index (χ1) is 14.4. The molecule has 1 aliphatic carbocycles. The molecular formula is C23H33NO6. The number of hydrogen-bond acceptors (Lipinski definition) is 6. The van der Waals surface area contributed by atoms with Gasteiger partial charge in [-0.2, -0.15) is 0 Å². The van der Waals surface area contributed by atoms with Crippen LogP contribution in [0.15, 0.2) is 23.8 Å². The molecule has 1 amide bonds. The summed E-state index contributed by atoms with van der Waals surface area (Å²) in [4.78, 5) is 24.3. The molecule has 166 valence electrons. The van der Waals surface area contributed by atoms with Gasteiger partial charge in [0.25, 0.3) is 0 Å². The number of unbranched alkanes of at least 4 members (excludes halogenated alkanes) is 3. The van der Waals surface area contributed by atoms with Crippen LogP contribution in [0.4, 0.5) is 0 Å². The van der Waals surface area contributed by atoms with Crippen LogP contribution in [-0.4, -0.2) is 59.1 Å². The Bertz CT molecular complexity index is 726. The van der Waals surface area contributed by atoms with Crippen molar-refractivity contribution in [2.24, 2.45) is 5.92 Å². The lowest BCUT2D eigenvalue weighted by molar-refractivity contribution is -0.159. The minimum absolute atomic E-state index is 0.0361. The molecule has 3 unspecified atom stereocenters. The Hall–Kier alpha value is -1.54. The van der Waals surface area contributed by atoms with Crippen molar-refractivity contribution in [3.63, 3.8) is 0 Å². The zero-order chi connectivity index (χ0) is 21.5. The number of amides is 1. The van der Waals surface area contributed by atoms with Crippen molar-refractivity contribution in [3.05, 3.63) is 23.8 Å². The maximum atomic E-state index is 12.4. The first-order valence-corrected chi connectivity index (χ1v) is 11.2. The zero-order valence-corrected chi connectivity index (χ0v) is 18.0. The van der Waals surface area contributed by atoms with Crippen LogP contribution in [-0.2, 0) is 23.8 Å². The highest BCUT2D eigenvalue weighted by atomic mass is 16.7. The minimum Gasteiger partial charge on any atom is -0.366 e. The molecule has 0 aromatic heterocycles. The highest BCUT2D eigenvalue weighted by Crippen LogP contribution is 2.57. The van der Waals surface area contributed by atoms with E-state index in [9.17, 15) is 14.7 Å². The molecule has 30 heavy (non-hydrogen) atoms. The quantitative estimate of drug-likeness (QED) is 0.257. The van der Waals surface area contributed by atoms with Gasteiger partial charge in [0, 0.05) is 12.5 Å². The molecule has 1 saturated carbocycles. The molecule has 1 spiro atoms. The topological polar surface area (TPSA) is 101 Å². The number of allylic oxidation sites excluding steroid dienone is 3. The predicted molar refractivity (Wildman–Crippen MR) is 110 cm³/mol. The summed E-state index contributed by atoms with van der Waals surface area (Å²) in [6.07, 6.45) is 9.12. The molecule has 4 aliphatic rings. The lowest BCUT2D eigenvalue weighted by Gasteiger charge is -2.26. The molecule has 4 fully saturated rings. The van der Waals surface area contributed by atoms with E-state index < -0.39 is 30.1 Å². The number of nitrogens with one attached hydrogen (secondary N) is 1. The lowest BCUT2D eigenvalue weighted by Crippen LogP contribution is -2.49. The van der Waals surface area contributed by atoms with E-state index in [4.69, 9.17) is 14.2 Å². The molecule has 2 N–H and O–H groups in total. The van der Waals surface area contributed by atoms with E-state index in [1.54, 1.807) is 6.08 Å². The van der Waals surface area contributed by atoms with Crippen molar-refractivity contribution < 1.29 is 28.9 Å². The van der Waals surface area contributed by atoms with Crippen LogP contribution < -0.4 is 5.32 Å². The fraction of sp³-hybridized carbons (Fsp3) is 0.739. The van der Waals surface area contributed by atoms with Crippen LogP contribution in [0.1, 0.15) is 59.3 Å². The van der Waals surface area contributed by atoms with Gasteiger partial charge in [-0.3, -0.25) is 9.59 Å². The van der Waals surface area contributed by atoms with Gasteiger partial charge >= 0.3 is 0 Å². The van der Waals surface area contributed by atoms with Gasteiger partial charge in [0.05, 0.1) is 6.04 Å². The normalized spacial score (nSPS) is 40.4. The summed E-state index contributed by atoms with van der Waals surface area (Å²) in [5, 5.41) is 13.2. The second kappa shape index (κ2) is 8.54. The number of aliphatic hydroxyl groups excluding tert-OH is 1. The molecule has 0 aromatic carbocycles. The number of hydrogen-bond donors (Lipinski definition) is 2. The molecule has 7 nitrogen and oxygen atoms in total. The van der Waals surface area contributed by atoms with Crippen LogP contribution in [0.2, 0.25) is 0 Å². The number of Topliss-reactive ketones (excluding diaryl/α,β-unsaturated/α-hetero) is 1. The van der Waals surface area contributed by atoms with E-state index in [0.29, 0.717) is 12.3 Å². The minimum atomic E-state index is -1.15. The summed E-state index contributed by atoms with van der Waals surface area (Å²) in [5.74, 6) is 0.161. The fourth-order valence-corrected chi connectivity index (χ4v) is 4.93. The monoisotopic (exact) mass is 419 g/mol. The number of aliphatic hydroxyl groups is 1. The molecule has 3 saturated heterocycles. The molecule has 3 aliphatic heterocycles. The first-order valence-electron chi connectivity index (χ1n) is 11.2. The van der Waals surface area contributed by atoms with E-state index in [1.165, 1.54) is 31.8 Å². The van der Waals surface area contributed by atoms with Gasteiger partial charge in [0.2, 0.25) is 5.91 Å². The van der Waals surface area contributed by atoms with Crippen LogP contribution >= 0.6 is 0 Å². The average Bonchev–Trinajstić information content (AvgIpc) is 3.60. The van der Waals surface area contributed by atoms with Gasteiger partial charge in [0.15, 0.2) is 12.1 Å². The third-order valence-electron chi connectivity index (χ3n) is 6.62. The maximum absolute atomic E-state index is 12.4. The molecular weight excluding hydrogens is 386 g/mol. The van der Waals surface area contributed by atoms with Crippen molar-refractivity contribution in [1.29, 1.82) is 0 Å². The Kier molecular flexibility index (Phi) is 6.17. The summed E-state index contributed by atoms with van der Waals surface area (Å²) < 4.78 is 16.8. The largest absolute Gasteiger partial charge is 0.366 e. The summed E-state index contributed by atoms with van der Waals surface area (Å²) in [6.45, 7) is 6.40. The Morgan fingerprint density at radius 2 is 1.93 bits per heavy atom. The van der Waals surface area contributed by atoms with E-state index in [0.717, 1.165) is 12.0 Å². The number of carbonyl (C=O) groups is 2. The van der Waals surface area contributed by atoms with E-state index in [1.807, 2.05) is 6.92 Å². The van der Waals surface area contributed by atoms with E-state index in [2.05, 4.69) is 25.2 Å². The molecule has 0 bridgehead atoms.